The van der Waals surface area contributed by atoms with E-state index in [0.29, 0.717) is 12.8 Å². The number of carboxylic acids is 1. The molecule has 0 aliphatic rings. The summed E-state index contributed by atoms with van der Waals surface area (Å²) in [6, 6.07) is 0. The van der Waals surface area contributed by atoms with Gasteiger partial charge in [-0.1, -0.05) is 27.7 Å². The van der Waals surface area contributed by atoms with Gasteiger partial charge in [0.1, 0.15) is 13.2 Å². The molecular formula is C16H28O6. The minimum absolute atomic E-state index is 0.00702. The SMILES string of the molecule is CCC(C)(CC(C)(C)C)C(=O)OCCOC(=O)CCC(=O)O. The van der Waals surface area contributed by atoms with E-state index < -0.39 is 17.4 Å². The first-order valence-corrected chi connectivity index (χ1v) is 7.55. The van der Waals surface area contributed by atoms with Gasteiger partial charge in [-0.2, -0.15) is 0 Å². The number of aliphatic carboxylic acids is 1. The molecule has 1 atom stereocenters. The maximum Gasteiger partial charge on any atom is 0.311 e. The zero-order valence-corrected chi connectivity index (χ0v) is 14.2. The molecule has 0 aliphatic carbocycles. The Balaban J connectivity index is 4.16. The van der Waals surface area contributed by atoms with Gasteiger partial charge in [-0.05, 0) is 25.2 Å². The van der Waals surface area contributed by atoms with Crippen molar-refractivity contribution in [2.75, 3.05) is 13.2 Å². The lowest BCUT2D eigenvalue weighted by Crippen LogP contribution is -2.34. The monoisotopic (exact) mass is 316 g/mol. The fourth-order valence-electron chi connectivity index (χ4n) is 2.26. The molecule has 6 nitrogen and oxygen atoms in total. The van der Waals surface area contributed by atoms with Crippen LogP contribution in [-0.4, -0.2) is 36.2 Å². The second-order valence-electron chi connectivity index (χ2n) is 6.90. The van der Waals surface area contributed by atoms with Crippen LogP contribution in [0.25, 0.3) is 0 Å². The second-order valence-corrected chi connectivity index (χ2v) is 6.90. The van der Waals surface area contributed by atoms with E-state index in [2.05, 4.69) is 20.8 Å². The lowest BCUT2D eigenvalue weighted by Gasteiger charge is -2.32. The molecule has 0 radical (unpaired) electrons. The van der Waals surface area contributed by atoms with Crippen molar-refractivity contribution in [3.8, 4) is 0 Å². The summed E-state index contributed by atoms with van der Waals surface area (Å²) in [5, 5.41) is 8.44. The molecule has 6 heteroatoms. The molecule has 0 fully saturated rings. The molecule has 0 aromatic rings. The van der Waals surface area contributed by atoms with Crippen LogP contribution in [-0.2, 0) is 23.9 Å². The number of carbonyl (C=O) groups is 3. The predicted octanol–water partition coefficient (Wildman–Crippen LogP) is 2.79. The Kier molecular flexibility index (Phi) is 8.12. The minimum atomic E-state index is -1.05. The molecule has 0 aromatic carbocycles. The normalized spacial score (nSPS) is 14.0. The lowest BCUT2D eigenvalue weighted by atomic mass is 9.73. The third-order valence-corrected chi connectivity index (χ3v) is 3.32. The van der Waals surface area contributed by atoms with E-state index in [-0.39, 0.29) is 37.4 Å². The molecule has 0 saturated heterocycles. The van der Waals surface area contributed by atoms with Crippen molar-refractivity contribution in [3.63, 3.8) is 0 Å². The van der Waals surface area contributed by atoms with Crippen LogP contribution in [0.1, 0.15) is 60.3 Å². The molecule has 22 heavy (non-hydrogen) atoms. The topological polar surface area (TPSA) is 89.9 Å². The van der Waals surface area contributed by atoms with Crippen LogP contribution in [0.3, 0.4) is 0 Å². The summed E-state index contributed by atoms with van der Waals surface area (Å²) in [6.07, 6.45) is 0.924. The Morgan fingerprint density at radius 3 is 1.95 bits per heavy atom. The Hall–Kier alpha value is -1.59. The van der Waals surface area contributed by atoms with E-state index in [1.807, 2.05) is 13.8 Å². The second kappa shape index (κ2) is 8.76. The van der Waals surface area contributed by atoms with Crippen LogP contribution in [0.2, 0.25) is 0 Å². The maximum absolute atomic E-state index is 12.2. The highest BCUT2D eigenvalue weighted by Gasteiger charge is 2.36. The number of carboxylic acid groups (broad SMARTS) is 1. The van der Waals surface area contributed by atoms with Gasteiger partial charge in [-0.25, -0.2) is 0 Å². The third-order valence-electron chi connectivity index (χ3n) is 3.32. The van der Waals surface area contributed by atoms with Crippen molar-refractivity contribution in [1.82, 2.24) is 0 Å². The highest BCUT2D eigenvalue weighted by molar-refractivity contribution is 5.77. The summed E-state index contributed by atoms with van der Waals surface area (Å²) >= 11 is 0. The van der Waals surface area contributed by atoms with Gasteiger partial charge in [0.05, 0.1) is 18.3 Å². The van der Waals surface area contributed by atoms with Crippen molar-refractivity contribution < 1.29 is 29.0 Å². The summed E-state index contributed by atoms with van der Waals surface area (Å²) < 4.78 is 10.00. The molecule has 0 amide bonds. The fraction of sp³-hybridized carbons (Fsp3) is 0.812. The lowest BCUT2D eigenvalue weighted by molar-refractivity contribution is -0.161. The zero-order valence-electron chi connectivity index (χ0n) is 14.2. The van der Waals surface area contributed by atoms with Gasteiger partial charge < -0.3 is 14.6 Å². The molecule has 0 heterocycles. The van der Waals surface area contributed by atoms with Crippen LogP contribution in [0.4, 0.5) is 0 Å². The van der Waals surface area contributed by atoms with E-state index >= 15 is 0 Å². The molecular weight excluding hydrogens is 288 g/mol. The maximum atomic E-state index is 12.2. The van der Waals surface area contributed by atoms with Gasteiger partial charge in [0.15, 0.2) is 0 Å². The molecule has 0 spiro atoms. The first kappa shape index (κ1) is 20.4. The number of hydrogen-bond acceptors (Lipinski definition) is 5. The first-order chi connectivity index (χ1) is 10.00. The summed E-state index contributed by atoms with van der Waals surface area (Å²) in [4.78, 5) is 33.7. The van der Waals surface area contributed by atoms with Gasteiger partial charge in [0.2, 0.25) is 0 Å². The summed E-state index contributed by atoms with van der Waals surface area (Å²) in [6.45, 7) is 9.95. The van der Waals surface area contributed by atoms with Crippen LogP contribution in [0, 0.1) is 10.8 Å². The molecule has 1 unspecified atom stereocenters. The predicted molar refractivity (Wildman–Crippen MR) is 81.3 cm³/mol. The number of hydrogen-bond donors (Lipinski definition) is 1. The first-order valence-electron chi connectivity index (χ1n) is 7.55. The highest BCUT2D eigenvalue weighted by Crippen LogP contribution is 2.37. The Morgan fingerprint density at radius 1 is 0.955 bits per heavy atom. The number of carbonyl (C=O) groups excluding carboxylic acids is 2. The van der Waals surface area contributed by atoms with E-state index in [1.165, 1.54) is 0 Å². The Bertz CT molecular complexity index is 396. The highest BCUT2D eigenvalue weighted by atomic mass is 16.6. The smallest absolute Gasteiger partial charge is 0.311 e. The summed E-state index contributed by atoms with van der Waals surface area (Å²) in [5.74, 6) is -1.96. The summed E-state index contributed by atoms with van der Waals surface area (Å²) in [7, 11) is 0. The molecule has 0 bridgehead atoms. The van der Waals surface area contributed by atoms with E-state index in [4.69, 9.17) is 14.6 Å². The minimum Gasteiger partial charge on any atom is -0.481 e. The Morgan fingerprint density at radius 2 is 1.50 bits per heavy atom. The van der Waals surface area contributed by atoms with Crippen LogP contribution < -0.4 is 0 Å². The molecule has 0 aromatic heterocycles. The molecule has 128 valence electrons. The van der Waals surface area contributed by atoms with Crippen LogP contribution in [0.5, 0.6) is 0 Å². The summed E-state index contributed by atoms with van der Waals surface area (Å²) in [5.41, 5.74) is -0.557. The third kappa shape index (κ3) is 8.64. The molecule has 0 aliphatic heterocycles. The number of rotatable bonds is 9. The van der Waals surface area contributed by atoms with Gasteiger partial charge in [-0.15, -0.1) is 0 Å². The van der Waals surface area contributed by atoms with E-state index in [0.717, 1.165) is 0 Å². The zero-order chi connectivity index (χ0) is 17.4. The Labute approximate surface area is 132 Å². The van der Waals surface area contributed by atoms with Crippen molar-refractivity contribution in [2.45, 2.75) is 60.3 Å². The average molecular weight is 316 g/mol. The van der Waals surface area contributed by atoms with Gasteiger partial charge >= 0.3 is 17.9 Å². The standard InChI is InChI=1S/C16H28O6/c1-6-16(5,11-15(2,3)4)14(20)22-10-9-21-13(19)8-7-12(17)18/h6-11H2,1-5H3,(H,17,18). The van der Waals surface area contributed by atoms with Crippen LogP contribution in [0.15, 0.2) is 0 Å². The molecule has 1 N–H and O–H groups in total. The number of ether oxygens (including phenoxy) is 2. The van der Waals surface area contributed by atoms with Crippen LogP contribution >= 0.6 is 0 Å². The van der Waals surface area contributed by atoms with E-state index in [9.17, 15) is 14.4 Å². The van der Waals surface area contributed by atoms with Gasteiger partial charge in [-0.3, -0.25) is 14.4 Å². The molecule has 0 saturated carbocycles. The van der Waals surface area contributed by atoms with Crippen molar-refractivity contribution in [1.29, 1.82) is 0 Å². The fourth-order valence-corrected chi connectivity index (χ4v) is 2.26. The van der Waals surface area contributed by atoms with E-state index in [1.54, 1.807) is 0 Å². The quantitative estimate of drug-likeness (QED) is 0.519. The van der Waals surface area contributed by atoms with Gasteiger partial charge in [0.25, 0.3) is 0 Å². The largest absolute Gasteiger partial charge is 0.481 e. The number of esters is 2. The average Bonchev–Trinajstić information content (AvgIpc) is 2.38. The van der Waals surface area contributed by atoms with Crippen molar-refractivity contribution in [3.05, 3.63) is 0 Å². The van der Waals surface area contributed by atoms with Crippen molar-refractivity contribution >= 4 is 17.9 Å². The van der Waals surface area contributed by atoms with Crippen molar-refractivity contribution in [2.24, 2.45) is 10.8 Å². The molecule has 0 rings (SSSR count). The van der Waals surface area contributed by atoms with Gasteiger partial charge in [0, 0.05) is 0 Å².